The second-order valence-electron chi connectivity index (χ2n) is 2.54. The van der Waals surface area contributed by atoms with Crippen LogP contribution < -0.4 is 5.32 Å². The van der Waals surface area contributed by atoms with E-state index in [0.29, 0.717) is 23.7 Å². The predicted molar refractivity (Wildman–Crippen MR) is 51.9 cm³/mol. The molecule has 0 spiro atoms. The van der Waals surface area contributed by atoms with Crippen molar-refractivity contribution in [1.82, 2.24) is 5.32 Å². The molecule has 1 rings (SSSR count). The van der Waals surface area contributed by atoms with Crippen molar-refractivity contribution in [3.05, 3.63) is 34.6 Å². The average molecular weight is 198 g/mol. The van der Waals surface area contributed by atoms with E-state index in [1.165, 1.54) is 6.07 Å². The Morgan fingerprint density at radius 3 is 2.92 bits per heavy atom. The summed E-state index contributed by atoms with van der Waals surface area (Å²) in [5.74, 6) is 2.10. The molecule has 1 aromatic rings. The van der Waals surface area contributed by atoms with Crippen molar-refractivity contribution < 1.29 is 4.39 Å². The van der Waals surface area contributed by atoms with Crippen molar-refractivity contribution in [3.63, 3.8) is 0 Å². The molecule has 0 radical (unpaired) electrons. The third-order valence-electron chi connectivity index (χ3n) is 1.56. The van der Waals surface area contributed by atoms with Crippen LogP contribution in [0.3, 0.4) is 0 Å². The van der Waals surface area contributed by atoms with E-state index in [9.17, 15) is 4.39 Å². The SMILES string of the molecule is C#CCNCc1ccc(Cl)cc1F. The summed E-state index contributed by atoms with van der Waals surface area (Å²) in [4.78, 5) is 0. The molecule has 0 unspecified atom stereocenters. The van der Waals surface area contributed by atoms with E-state index in [1.807, 2.05) is 0 Å². The molecule has 0 aliphatic rings. The number of benzene rings is 1. The van der Waals surface area contributed by atoms with Gasteiger partial charge in [0.15, 0.2) is 0 Å². The Morgan fingerprint density at radius 2 is 2.31 bits per heavy atom. The molecule has 0 aliphatic carbocycles. The third-order valence-corrected chi connectivity index (χ3v) is 1.79. The molecule has 3 heteroatoms. The van der Waals surface area contributed by atoms with Crippen LogP contribution in [0.4, 0.5) is 4.39 Å². The second kappa shape index (κ2) is 4.86. The second-order valence-corrected chi connectivity index (χ2v) is 2.98. The van der Waals surface area contributed by atoms with E-state index in [2.05, 4.69) is 11.2 Å². The quantitative estimate of drug-likeness (QED) is 0.579. The Bertz CT molecular complexity index is 330. The Balaban J connectivity index is 2.62. The topological polar surface area (TPSA) is 12.0 Å². The lowest BCUT2D eigenvalue weighted by molar-refractivity contribution is 0.597. The number of hydrogen-bond acceptors (Lipinski definition) is 1. The Hall–Kier alpha value is -1.04. The minimum Gasteiger partial charge on any atom is -0.302 e. The van der Waals surface area contributed by atoms with Gasteiger partial charge in [0.25, 0.3) is 0 Å². The van der Waals surface area contributed by atoms with E-state index in [4.69, 9.17) is 18.0 Å². The number of halogens is 2. The summed E-state index contributed by atoms with van der Waals surface area (Å²) in [6.45, 7) is 0.856. The minimum absolute atomic E-state index is 0.308. The third kappa shape index (κ3) is 3.06. The first-order chi connectivity index (χ1) is 6.24. The van der Waals surface area contributed by atoms with E-state index in [1.54, 1.807) is 12.1 Å². The van der Waals surface area contributed by atoms with E-state index < -0.39 is 0 Å². The van der Waals surface area contributed by atoms with Gasteiger partial charge < -0.3 is 5.32 Å². The molecule has 0 aliphatic heterocycles. The molecule has 0 atom stereocenters. The molecule has 68 valence electrons. The van der Waals surface area contributed by atoms with Gasteiger partial charge in [-0.2, -0.15) is 0 Å². The van der Waals surface area contributed by atoms with Crippen molar-refractivity contribution in [1.29, 1.82) is 0 Å². The average Bonchev–Trinajstić information content (AvgIpc) is 2.09. The summed E-state index contributed by atoms with van der Waals surface area (Å²) in [5.41, 5.74) is 0.569. The monoisotopic (exact) mass is 197 g/mol. The standard InChI is InChI=1S/C10H9ClFN/c1-2-5-13-7-8-3-4-9(11)6-10(8)12/h1,3-4,6,13H,5,7H2. The van der Waals surface area contributed by atoms with Crippen LogP contribution >= 0.6 is 11.6 Å². The molecule has 0 saturated carbocycles. The van der Waals surface area contributed by atoms with Gasteiger partial charge in [-0.15, -0.1) is 6.42 Å². The van der Waals surface area contributed by atoms with Gasteiger partial charge in [-0.25, -0.2) is 4.39 Å². The van der Waals surface area contributed by atoms with Gasteiger partial charge in [0.2, 0.25) is 0 Å². The first-order valence-electron chi connectivity index (χ1n) is 3.82. The summed E-state index contributed by atoms with van der Waals surface area (Å²) in [5, 5.41) is 3.29. The molecule has 0 bridgehead atoms. The van der Waals surface area contributed by atoms with Gasteiger partial charge >= 0.3 is 0 Å². The normalized spacial score (nSPS) is 9.62. The van der Waals surface area contributed by atoms with Crippen LogP contribution in [0, 0.1) is 18.2 Å². The van der Waals surface area contributed by atoms with Crippen molar-refractivity contribution in [2.45, 2.75) is 6.54 Å². The van der Waals surface area contributed by atoms with Crippen LogP contribution in [0.5, 0.6) is 0 Å². The van der Waals surface area contributed by atoms with Crippen LogP contribution in [0.1, 0.15) is 5.56 Å². The van der Waals surface area contributed by atoms with E-state index >= 15 is 0 Å². The van der Waals surface area contributed by atoms with Gasteiger partial charge in [0.05, 0.1) is 6.54 Å². The summed E-state index contributed by atoms with van der Waals surface area (Å²) in [6, 6.07) is 4.58. The lowest BCUT2D eigenvalue weighted by atomic mass is 10.2. The molecule has 1 aromatic carbocycles. The maximum absolute atomic E-state index is 13.1. The summed E-state index contributed by atoms with van der Waals surface area (Å²) in [7, 11) is 0. The van der Waals surface area contributed by atoms with Crippen molar-refractivity contribution in [3.8, 4) is 12.3 Å². The van der Waals surface area contributed by atoms with Gasteiger partial charge in [-0.3, -0.25) is 0 Å². The molecule has 13 heavy (non-hydrogen) atoms. The Labute approximate surface area is 81.9 Å². The number of terminal acetylenes is 1. The molecular formula is C10H9ClFN. The summed E-state index contributed by atoms with van der Waals surface area (Å²) >= 11 is 5.59. The fourth-order valence-corrected chi connectivity index (χ4v) is 1.09. The van der Waals surface area contributed by atoms with Crippen molar-refractivity contribution >= 4 is 11.6 Å². The van der Waals surface area contributed by atoms with Gasteiger partial charge in [-0.1, -0.05) is 23.6 Å². The molecule has 0 amide bonds. The zero-order valence-electron chi connectivity index (χ0n) is 6.98. The van der Waals surface area contributed by atoms with Gasteiger partial charge in [0.1, 0.15) is 5.82 Å². The van der Waals surface area contributed by atoms with Crippen LogP contribution in [-0.4, -0.2) is 6.54 Å². The van der Waals surface area contributed by atoms with E-state index in [-0.39, 0.29) is 5.82 Å². The van der Waals surface area contributed by atoms with Crippen LogP contribution in [0.15, 0.2) is 18.2 Å². The maximum atomic E-state index is 13.1. The number of rotatable bonds is 3. The fourth-order valence-electron chi connectivity index (χ4n) is 0.934. The minimum atomic E-state index is -0.308. The molecule has 0 saturated heterocycles. The van der Waals surface area contributed by atoms with Gasteiger partial charge in [0, 0.05) is 17.1 Å². The molecule has 1 nitrogen and oxygen atoms in total. The first-order valence-corrected chi connectivity index (χ1v) is 4.20. The van der Waals surface area contributed by atoms with Crippen LogP contribution in [-0.2, 0) is 6.54 Å². The molecular weight excluding hydrogens is 189 g/mol. The predicted octanol–water partition coefficient (Wildman–Crippen LogP) is 2.20. The van der Waals surface area contributed by atoms with E-state index in [0.717, 1.165) is 0 Å². The summed E-state index contributed by atoms with van der Waals surface area (Å²) in [6.07, 6.45) is 5.03. The summed E-state index contributed by atoms with van der Waals surface area (Å²) < 4.78 is 13.1. The largest absolute Gasteiger partial charge is 0.302 e. The van der Waals surface area contributed by atoms with Crippen molar-refractivity contribution in [2.24, 2.45) is 0 Å². The molecule has 0 fully saturated rings. The number of hydrogen-bond donors (Lipinski definition) is 1. The zero-order chi connectivity index (χ0) is 9.68. The molecule has 1 N–H and O–H groups in total. The van der Waals surface area contributed by atoms with Crippen molar-refractivity contribution in [2.75, 3.05) is 6.54 Å². The fraction of sp³-hybridized carbons (Fsp3) is 0.200. The van der Waals surface area contributed by atoms with Gasteiger partial charge in [-0.05, 0) is 12.1 Å². The lowest BCUT2D eigenvalue weighted by Crippen LogP contribution is -2.13. The smallest absolute Gasteiger partial charge is 0.129 e. The zero-order valence-corrected chi connectivity index (χ0v) is 7.74. The highest BCUT2D eigenvalue weighted by Gasteiger charge is 2.01. The molecule has 0 heterocycles. The highest BCUT2D eigenvalue weighted by molar-refractivity contribution is 6.30. The van der Waals surface area contributed by atoms with Crippen LogP contribution in [0.25, 0.3) is 0 Å². The highest BCUT2D eigenvalue weighted by Crippen LogP contribution is 2.14. The highest BCUT2D eigenvalue weighted by atomic mass is 35.5. The lowest BCUT2D eigenvalue weighted by Gasteiger charge is -2.02. The first kappa shape index (κ1) is 10.0. The molecule has 0 aromatic heterocycles. The Morgan fingerprint density at radius 1 is 1.54 bits per heavy atom. The van der Waals surface area contributed by atoms with Crippen LogP contribution in [0.2, 0.25) is 5.02 Å². The maximum Gasteiger partial charge on any atom is 0.129 e. The number of nitrogens with one attached hydrogen (secondary N) is 1. The Kier molecular flexibility index (Phi) is 3.75.